The number of aromatic nitrogens is 1. The number of fused-ring (bicyclic) bond motifs is 2. The number of amides is 1. The van der Waals surface area contributed by atoms with Crippen LogP contribution in [0.1, 0.15) is 33.8 Å². The number of pyridine rings is 1. The lowest BCUT2D eigenvalue weighted by atomic mass is 10.0. The van der Waals surface area contributed by atoms with E-state index in [4.69, 9.17) is 14.1 Å². The van der Waals surface area contributed by atoms with Gasteiger partial charge in [0, 0.05) is 23.2 Å². The van der Waals surface area contributed by atoms with Gasteiger partial charge in [0.1, 0.15) is 5.76 Å². The number of furan rings is 1. The lowest BCUT2D eigenvalue weighted by Gasteiger charge is -2.12. The monoisotopic (exact) mass is 469 g/mol. The van der Waals surface area contributed by atoms with Gasteiger partial charge in [-0.15, -0.1) is 0 Å². The lowest BCUT2D eigenvalue weighted by molar-refractivity contribution is -0.384. The highest BCUT2D eigenvalue weighted by Crippen LogP contribution is 2.37. The third kappa shape index (κ3) is 4.51. The fraction of sp³-hybridized carbons (Fsp3) is 0.115. The second-order valence-corrected chi connectivity index (χ2v) is 7.94. The van der Waals surface area contributed by atoms with Crippen molar-refractivity contribution in [3.05, 3.63) is 99.6 Å². The van der Waals surface area contributed by atoms with Gasteiger partial charge in [0.15, 0.2) is 6.61 Å². The molecular weight excluding hydrogens is 450 g/mol. The van der Waals surface area contributed by atoms with Gasteiger partial charge in [-0.1, -0.05) is 18.2 Å². The number of hydrogen-bond donors (Lipinski definition) is 1. The molecule has 35 heavy (non-hydrogen) atoms. The van der Waals surface area contributed by atoms with Crippen molar-refractivity contribution in [2.24, 2.45) is 0 Å². The zero-order valence-corrected chi connectivity index (χ0v) is 18.4. The van der Waals surface area contributed by atoms with Crippen LogP contribution in [0.2, 0.25) is 0 Å². The van der Waals surface area contributed by atoms with Crippen molar-refractivity contribution in [1.29, 1.82) is 0 Å². The Labute approximate surface area is 199 Å². The molecule has 0 spiro atoms. The van der Waals surface area contributed by atoms with E-state index in [1.807, 2.05) is 36.4 Å². The minimum absolute atomic E-state index is 0.0895. The summed E-state index contributed by atoms with van der Waals surface area (Å²) >= 11 is 0. The van der Waals surface area contributed by atoms with Crippen LogP contribution in [-0.2, 0) is 16.0 Å². The third-order valence-corrected chi connectivity index (χ3v) is 5.70. The molecule has 1 aliphatic rings. The molecule has 2 heterocycles. The Hall–Kier alpha value is -4.79. The molecule has 0 saturated carbocycles. The molecule has 0 fully saturated rings. The van der Waals surface area contributed by atoms with Crippen molar-refractivity contribution in [2.45, 2.75) is 12.8 Å². The highest BCUT2D eigenvalue weighted by molar-refractivity contribution is 6.08. The number of nitro groups is 1. The zero-order chi connectivity index (χ0) is 24.4. The van der Waals surface area contributed by atoms with E-state index in [0.717, 1.165) is 16.8 Å². The number of hydrogen-bond acceptors (Lipinski definition) is 7. The number of para-hydroxylation sites is 1. The molecular formula is C26H19N3O6. The molecule has 2 aromatic carbocycles. The second kappa shape index (κ2) is 9.22. The normalized spacial score (nSPS) is 13.5. The van der Waals surface area contributed by atoms with Crippen LogP contribution in [0, 0.1) is 10.1 Å². The van der Waals surface area contributed by atoms with Crippen LogP contribution in [0.15, 0.2) is 71.3 Å². The Morgan fingerprint density at radius 1 is 1.09 bits per heavy atom. The summed E-state index contributed by atoms with van der Waals surface area (Å²) in [7, 11) is 0. The van der Waals surface area contributed by atoms with E-state index in [1.165, 1.54) is 24.3 Å². The molecule has 9 heteroatoms. The standard InChI is InChI=1S/C26H19N3O6/c30-23(27-17-8-10-18(11-9-17)29(32)33)15-35-26(31)24-20-5-1-2-6-22(20)28-25-16(7-12-21(24)25)14-19-4-3-13-34-19/h1-6,8-11,13-14H,7,12,15H2,(H,27,30). The fourth-order valence-electron chi connectivity index (χ4n) is 4.12. The first kappa shape index (κ1) is 22.0. The maximum atomic E-state index is 13.2. The molecule has 0 aliphatic heterocycles. The predicted molar refractivity (Wildman–Crippen MR) is 129 cm³/mol. The number of rotatable bonds is 6. The maximum absolute atomic E-state index is 13.2. The Kier molecular flexibility index (Phi) is 5.80. The molecule has 0 unspecified atom stereocenters. The number of esters is 1. The summed E-state index contributed by atoms with van der Waals surface area (Å²) in [6.07, 6.45) is 4.82. The molecule has 1 N–H and O–H groups in total. The molecule has 1 amide bonds. The minimum atomic E-state index is -0.613. The molecule has 174 valence electrons. The molecule has 1 aliphatic carbocycles. The summed E-state index contributed by atoms with van der Waals surface area (Å²) in [6, 6.07) is 16.3. The van der Waals surface area contributed by atoms with Gasteiger partial charge in [-0.2, -0.15) is 0 Å². The number of carbonyl (C=O) groups excluding carboxylic acids is 2. The molecule has 0 bridgehead atoms. The number of benzene rings is 2. The van der Waals surface area contributed by atoms with Crippen molar-refractivity contribution < 1.29 is 23.7 Å². The Morgan fingerprint density at radius 2 is 1.89 bits per heavy atom. The van der Waals surface area contributed by atoms with Gasteiger partial charge in [-0.05, 0) is 60.4 Å². The smallest absolute Gasteiger partial charge is 0.339 e. The van der Waals surface area contributed by atoms with E-state index in [0.29, 0.717) is 40.8 Å². The van der Waals surface area contributed by atoms with Gasteiger partial charge in [0.25, 0.3) is 11.6 Å². The van der Waals surface area contributed by atoms with Crippen molar-refractivity contribution in [3.63, 3.8) is 0 Å². The first-order valence-electron chi connectivity index (χ1n) is 10.9. The van der Waals surface area contributed by atoms with Crippen LogP contribution in [-0.4, -0.2) is 28.4 Å². The maximum Gasteiger partial charge on any atom is 0.339 e. The van der Waals surface area contributed by atoms with E-state index in [1.54, 1.807) is 12.3 Å². The predicted octanol–water partition coefficient (Wildman–Crippen LogP) is 5.02. The van der Waals surface area contributed by atoms with Gasteiger partial charge < -0.3 is 14.5 Å². The average molecular weight is 469 g/mol. The summed E-state index contributed by atoms with van der Waals surface area (Å²) < 4.78 is 10.8. The first-order chi connectivity index (χ1) is 17.0. The Balaban J connectivity index is 1.38. The second-order valence-electron chi connectivity index (χ2n) is 7.94. The number of anilines is 1. The summed E-state index contributed by atoms with van der Waals surface area (Å²) in [5, 5.41) is 14.0. The number of allylic oxidation sites excluding steroid dienone is 1. The summed E-state index contributed by atoms with van der Waals surface area (Å²) in [4.78, 5) is 40.5. The summed E-state index contributed by atoms with van der Waals surface area (Å²) in [6.45, 7) is -0.504. The SMILES string of the molecule is O=C(COC(=O)c1c2c(nc3ccccc13)C(=Cc1ccco1)CC2)Nc1ccc([N+](=O)[O-])cc1. The fourth-order valence-corrected chi connectivity index (χ4v) is 4.12. The van der Waals surface area contributed by atoms with Crippen molar-refractivity contribution in [3.8, 4) is 0 Å². The first-order valence-corrected chi connectivity index (χ1v) is 10.9. The van der Waals surface area contributed by atoms with Gasteiger partial charge >= 0.3 is 5.97 Å². The number of non-ortho nitro benzene ring substituents is 1. The van der Waals surface area contributed by atoms with E-state index in [2.05, 4.69) is 5.32 Å². The number of nitro benzene ring substituents is 1. The molecule has 0 radical (unpaired) electrons. The van der Waals surface area contributed by atoms with Gasteiger partial charge in [0.2, 0.25) is 0 Å². The van der Waals surface area contributed by atoms with Crippen LogP contribution in [0.3, 0.4) is 0 Å². The summed E-state index contributed by atoms with van der Waals surface area (Å²) in [5.74, 6) is -0.464. The van der Waals surface area contributed by atoms with Crippen LogP contribution < -0.4 is 5.32 Å². The van der Waals surface area contributed by atoms with E-state index < -0.39 is 23.4 Å². The van der Waals surface area contributed by atoms with Crippen LogP contribution >= 0.6 is 0 Å². The van der Waals surface area contributed by atoms with E-state index in [-0.39, 0.29) is 5.69 Å². The van der Waals surface area contributed by atoms with E-state index in [9.17, 15) is 19.7 Å². The topological polar surface area (TPSA) is 125 Å². The molecule has 0 atom stereocenters. The van der Waals surface area contributed by atoms with Crippen molar-refractivity contribution in [2.75, 3.05) is 11.9 Å². The molecule has 4 aromatic rings. The third-order valence-electron chi connectivity index (χ3n) is 5.70. The lowest BCUT2D eigenvalue weighted by Crippen LogP contribution is -2.21. The van der Waals surface area contributed by atoms with Gasteiger partial charge in [-0.25, -0.2) is 9.78 Å². The zero-order valence-electron chi connectivity index (χ0n) is 18.4. The highest BCUT2D eigenvalue weighted by atomic mass is 16.6. The van der Waals surface area contributed by atoms with Crippen LogP contribution in [0.25, 0.3) is 22.6 Å². The molecule has 2 aromatic heterocycles. The number of ether oxygens (including phenoxy) is 1. The number of carbonyl (C=O) groups is 2. The molecule has 0 saturated heterocycles. The van der Waals surface area contributed by atoms with Gasteiger partial charge in [0.05, 0.1) is 28.0 Å². The summed E-state index contributed by atoms with van der Waals surface area (Å²) in [5.41, 5.74) is 3.79. The average Bonchev–Trinajstić information content (AvgIpc) is 3.52. The van der Waals surface area contributed by atoms with Crippen LogP contribution in [0.4, 0.5) is 11.4 Å². The molecule has 5 rings (SSSR count). The van der Waals surface area contributed by atoms with Crippen LogP contribution in [0.5, 0.6) is 0 Å². The van der Waals surface area contributed by atoms with Crippen molar-refractivity contribution in [1.82, 2.24) is 4.98 Å². The van der Waals surface area contributed by atoms with Gasteiger partial charge in [-0.3, -0.25) is 14.9 Å². The quantitative estimate of drug-likeness (QED) is 0.239. The largest absolute Gasteiger partial charge is 0.465 e. The highest BCUT2D eigenvalue weighted by Gasteiger charge is 2.28. The number of nitrogens with zero attached hydrogens (tertiary/aromatic N) is 2. The van der Waals surface area contributed by atoms with E-state index >= 15 is 0 Å². The van der Waals surface area contributed by atoms with Crippen molar-refractivity contribution >= 4 is 45.8 Å². The number of nitrogens with one attached hydrogen (secondary N) is 1. The Bertz CT molecular complexity index is 1470. The molecule has 9 nitrogen and oxygen atoms in total. The Morgan fingerprint density at radius 3 is 2.63 bits per heavy atom. The minimum Gasteiger partial charge on any atom is -0.465 e.